The van der Waals surface area contributed by atoms with Gasteiger partial charge in [-0.25, -0.2) is 4.79 Å². The lowest BCUT2D eigenvalue weighted by Crippen LogP contribution is -2.03. The number of carbonyl (C=O) groups excluding carboxylic acids is 1. The van der Waals surface area contributed by atoms with Crippen LogP contribution < -0.4 is 4.74 Å². The van der Waals surface area contributed by atoms with Crippen LogP contribution in [0.3, 0.4) is 0 Å². The van der Waals surface area contributed by atoms with E-state index in [1.54, 1.807) is 31.4 Å². The van der Waals surface area contributed by atoms with E-state index in [-0.39, 0.29) is 5.75 Å². The number of aromatic hydroxyl groups is 1. The van der Waals surface area contributed by atoms with Crippen LogP contribution in [-0.2, 0) is 10.3 Å². The zero-order valence-electron chi connectivity index (χ0n) is 8.36. The Kier molecular flexibility index (Phi) is 2.21. The van der Waals surface area contributed by atoms with Gasteiger partial charge in [0.2, 0.25) is 6.08 Å². The number of ether oxygens (including phenoxy) is 1. The second kappa shape index (κ2) is 3.41. The van der Waals surface area contributed by atoms with Crippen molar-refractivity contribution in [3.05, 3.63) is 23.8 Å². The number of isocyanates is 1. The monoisotopic (exact) mass is 205 g/mol. The number of methoxy groups -OCH3 is 1. The van der Waals surface area contributed by atoms with Crippen LogP contribution in [0.2, 0.25) is 0 Å². The van der Waals surface area contributed by atoms with Crippen LogP contribution in [0.1, 0.15) is 18.4 Å². The normalized spacial score (nSPS) is 16.6. The van der Waals surface area contributed by atoms with E-state index in [9.17, 15) is 9.90 Å². The highest BCUT2D eigenvalue weighted by atomic mass is 16.5. The molecular weight excluding hydrogens is 194 g/mol. The zero-order chi connectivity index (χ0) is 10.9. The second-order valence-electron chi connectivity index (χ2n) is 3.62. The molecule has 4 nitrogen and oxygen atoms in total. The van der Waals surface area contributed by atoms with Gasteiger partial charge in [0.25, 0.3) is 0 Å². The Morgan fingerprint density at radius 1 is 1.53 bits per heavy atom. The summed E-state index contributed by atoms with van der Waals surface area (Å²) >= 11 is 0. The molecule has 0 unspecified atom stereocenters. The first-order valence-electron chi connectivity index (χ1n) is 4.68. The molecule has 15 heavy (non-hydrogen) atoms. The largest absolute Gasteiger partial charge is 0.508 e. The molecule has 0 aliphatic heterocycles. The first-order chi connectivity index (χ1) is 7.22. The highest BCUT2D eigenvalue weighted by Gasteiger charge is 2.46. The van der Waals surface area contributed by atoms with E-state index in [2.05, 4.69) is 4.99 Å². The number of hydrogen-bond donors (Lipinski definition) is 1. The van der Waals surface area contributed by atoms with Gasteiger partial charge in [0.15, 0.2) is 0 Å². The third kappa shape index (κ3) is 1.60. The van der Waals surface area contributed by atoms with Gasteiger partial charge in [0.1, 0.15) is 17.0 Å². The quantitative estimate of drug-likeness (QED) is 0.603. The molecule has 0 atom stereocenters. The average Bonchev–Trinajstić information content (AvgIpc) is 3.00. The fourth-order valence-corrected chi connectivity index (χ4v) is 1.66. The van der Waals surface area contributed by atoms with Crippen molar-refractivity contribution >= 4 is 6.08 Å². The fourth-order valence-electron chi connectivity index (χ4n) is 1.66. The minimum atomic E-state index is -0.555. The molecule has 0 amide bonds. The smallest absolute Gasteiger partial charge is 0.235 e. The number of nitrogens with zero attached hydrogens (tertiary/aromatic N) is 1. The van der Waals surface area contributed by atoms with Gasteiger partial charge < -0.3 is 9.84 Å². The molecular formula is C11H11NO3. The number of phenolic OH excluding ortho intramolecular Hbond substituents is 1. The number of rotatable bonds is 3. The first kappa shape index (κ1) is 9.74. The third-order valence-corrected chi connectivity index (χ3v) is 2.69. The van der Waals surface area contributed by atoms with Crippen LogP contribution in [0.25, 0.3) is 0 Å². The van der Waals surface area contributed by atoms with Crippen LogP contribution >= 0.6 is 0 Å². The van der Waals surface area contributed by atoms with E-state index in [1.807, 2.05) is 0 Å². The van der Waals surface area contributed by atoms with E-state index in [0.717, 1.165) is 12.8 Å². The molecule has 2 rings (SSSR count). The van der Waals surface area contributed by atoms with Gasteiger partial charge >= 0.3 is 0 Å². The minimum Gasteiger partial charge on any atom is -0.508 e. The Labute approximate surface area is 87.2 Å². The van der Waals surface area contributed by atoms with E-state index >= 15 is 0 Å². The van der Waals surface area contributed by atoms with Gasteiger partial charge in [-0.3, -0.25) is 0 Å². The van der Waals surface area contributed by atoms with Crippen molar-refractivity contribution in [2.24, 2.45) is 4.99 Å². The molecule has 1 N–H and O–H groups in total. The maximum atomic E-state index is 10.3. The molecule has 1 fully saturated rings. The molecule has 1 aliphatic rings. The van der Waals surface area contributed by atoms with E-state index in [0.29, 0.717) is 11.3 Å². The zero-order valence-corrected chi connectivity index (χ0v) is 8.36. The van der Waals surface area contributed by atoms with Crippen molar-refractivity contribution in [2.75, 3.05) is 7.11 Å². The first-order valence-corrected chi connectivity index (χ1v) is 4.68. The minimum absolute atomic E-state index is 0.146. The maximum absolute atomic E-state index is 10.3. The summed E-state index contributed by atoms with van der Waals surface area (Å²) in [6.07, 6.45) is 3.09. The van der Waals surface area contributed by atoms with Crippen molar-refractivity contribution in [3.8, 4) is 11.5 Å². The second-order valence-corrected chi connectivity index (χ2v) is 3.62. The van der Waals surface area contributed by atoms with E-state index in [4.69, 9.17) is 4.74 Å². The van der Waals surface area contributed by atoms with Crippen molar-refractivity contribution in [3.63, 3.8) is 0 Å². The maximum Gasteiger partial charge on any atom is 0.235 e. The molecule has 0 spiro atoms. The Bertz CT molecular complexity index is 431. The number of aliphatic imine (C=N–C) groups is 1. The summed E-state index contributed by atoms with van der Waals surface area (Å²) in [6.45, 7) is 0. The van der Waals surface area contributed by atoms with Crippen molar-refractivity contribution in [1.29, 1.82) is 0 Å². The molecule has 4 heteroatoms. The molecule has 1 aromatic carbocycles. The standard InChI is InChI=1S/C11H11NO3/c1-15-8-2-3-10(14)9(6-8)11(4-5-11)12-7-13/h2-3,6,14H,4-5H2,1H3. The summed E-state index contributed by atoms with van der Waals surface area (Å²) in [4.78, 5) is 14.0. The number of benzene rings is 1. The number of hydrogen-bond acceptors (Lipinski definition) is 4. The topological polar surface area (TPSA) is 58.9 Å². The van der Waals surface area contributed by atoms with Crippen LogP contribution in [0.4, 0.5) is 0 Å². The van der Waals surface area contributed by atoms with Gasteiger partial charge in [-0.05, 0) is 31.0 Å². The molecule has 0 radical (unpaired) electrons. The predicted molar refractivity (Wildman–Crippen MR) is 53.7 cm³/mol. The predicted octanol–water partition coefficient (Wildman–Crippen LogP) is 1.73. The molecule has 0 aromatic heterocycles. The highest BCUT2D eigenvalue weighted by molar-refractivity contribution is 5.49. The Morgan fingerprint density at radius 3 is 2.80 bits per heavy atom. The SMILES string of the molecule is COc1ccc(O)c(C2(N=C=O)CC2)c1. The summed E-state index contributed by atoms with van der Waals surface area (Å²) in [7, 11) is 1.55. The highest BCUT2D eigenvalue weighted by Crippen LogP contribution is 2.52. The molecule has 1 saturated carbocycles. The van der Waals surface area contributed by atoms with Crippen LogP contribution in [0, 0.1) is 0 Å². The Balaban J connectivity index is 2.47. The summed E-state index contributed by atoms with van der Waals surface area (Å²) in [5, 5.41) is 9.69. The Morgan fingerprint density at radius 2 is 2.27 bits per heavy atom. The lowest BCUT2D eigenvalue weighted by atomic mass is 10.0. The van der Waals surface area contributed by atoms with Crippen molar-refractivity contribution < 1.29 is 14.6 Å². The van der Waals surface area contributed by atoms with Gasteiger partial charge in [0, 0.05) is 5.56 Å². The molecule has 0 saturated heterocycles. The molecule has 1 aromatic rings. The van der Waals surface area contributed by atoms with Crippen LogP contribution in [-0.4, -0.2) is 18.3 Å². The summed E-state index contributed by atoms with van der Waals surface area (Å²) in [6, 6.07) is 4.93. The third-order valence-electron chi connectivity index (χ3n) is 2.69. The fraction of sp³-hybridized carbons (Fsp3) is 0.364. The molecule has 1 aliphatic carbocycles. The summed E-state index contributed by atoms with van der Waals surface area (Å²) in [5.74, 6) is 0.794. The van der Waals surface area contributed by atoms with Crippen molar-refractivity contribution in [2.45, 2.75) is 18.4 Å². The van der Waals surface area contributed by atoms with Gasteiger partial charge in [0.05, 0.1) is 7.11 Å². The summed E-state index contributed by atoms with van der Waals surface area (Å²) in [5.41, 5.74) is 0.0885. The van der Waals surface area contributed by atoms with Gasteiger partial charge in [-0.15, -0.1) is 0 Å². The van der Waals surface area contributed by atoms with Gasteiger partial charge in [-0.1, -0.05) is 0 Å². The average molecular weight is 205 g/mol. The lowest BCUT2D eigenvalue weighted by Gasteiger charge is -2.11. The molecule has 0 bridgehead atoms. The molecule has 78 valence electrons. The van der Waals surface area contributed by atoms with Crippen LogP contribution in [0.15, 0.2) is 23.2 Å². The van der Waals surface area contributed by atoms with Crippen LogP contribution in [0.5, 0.6) is 11.5 Å². The van der Waals surface area contributed by atoms with E-state index < -0.39 is 5.54 Å². The van der Waals surface area contributed by atoms with Crippen molar-refractivity contribution in [1.82, 2.24) is 0 Å². The number of phenols is 1. The van der Waals surface area contributed by atoms with Gasteiger partial charge in [-0.2, -0.15) is 4.99 Å². The molecule has 0 heterocycles. The van der Waals surface area contributed by atoms with E-state index in [1.165, 1.54) is 0 Å². The lowest BCUT2D eigenvalue weighted by molar-refractivity contribution is 0.409. The summed E-state index contributed by atoms with van der Waals surface area (Å²) < 4.78 is 5.06. The Hall–Kier alpha value is -1.80.